The molecule has 4 aromatic rings. The van der Waals surface area contributed by atoms with E-state index in [1.807, 2.05) is 6.07 Å². The number of ether oxygens (including phenoxy) is 2. The monoisotopic (exact) mass is 499 g/mol. The van der Waals surface area contributed by atoms with Crippen molar-refractivity contribution in [3.05, 3.63) is 88.2 Å². The quantitative estimate of drug-likeness (QED) is 0.251. The van der Waals surface area contributed by atoms with Crippen molar-refractivity contribution in [3.63, 3.8) is 0 Å². The van der Waals surface area contributed by atoms with Gasteiger partial charge >= 0.3 is 0 Å². The lowest BCUT2D eigenvalue weighted by atomic mass is 9.99. The van der Waals surface area contributed by atoms with Gasteiger partial charge in [-0.2, -0.15) is 0 Å². The van der Waals surface area contributed by atoms with Crippen LogP contribution in [-0.2, 0) is 13.0 Å². The summed E-state index contributed by atoms with van der Waals surface area (Å²) in [6, 6.07) is 18.1. The van der Waals surface area contributed by atoms with Crippen molar-refractivity contribution < 1.29 is 14.3 Å². The van der Waals surface area contributed by atoms with E-state index in [9.17, 15) is 4.79 Å². The maximum absolute atomic E-state index is 12.5. The smallest absolute Gasteiger partial charge is 0.251 e. The van der Waals surface area contributed by atoms with Gasteiger partial charge in [0.1, 0.15) is 5.82 Å². The van der Waals surface area contributed by atoms with Gasteiger partial charge in [0, 0.05) is 25.1 Å². The average Bonchev–Trinajstić information content (AvgIpc) is 3.24. The Morgan fingerprint density at radius 2 is 1.62 bits per heavy atom. The second-order valence-corrected chi connectivity index (χ2v) is 9.62. The van der Waals surface area contributed by atoms with Crippen molar-refractivity contribution in [1.82, 2.24) is 14.9 Å². The third kappa shape index (κ3) is 6.13. The highest BCUT2D eigenvalue weighted by atomic mass is 16.5. The Morgan fingerprint density at radius 1 is 0.892 bits per heavy atom. The maximum Gasteiger partial charge on any atom is 0.251 e. The van der Waals surface area contributed by atoms with Gasteiger partial charge in [-0.15, -0.1) is 0 Å². The number of nitrogens with zero attached hydrogens (tertiary/aromatic N) is 2. The number of para-hydroxylation sites is 2. The molecule has 194 valence electrons. The first-order valence-electron chi connectivity index (χ1n) is 12.9. The summed E-state index contributed by atoms with van der Waals surface area (Å²) in [6.07, 6.45) is 3.84. The van der Waals surface area contributed by atoms with Gasteiger partial charge in [-0.05, 0) is 80.6 Å². The van der Waals surface area contributed by atoms with Crippen LogP contribution in [0.25, 0.3) is 11.0 Å². The van der Waals surface area contributed by atoms with Crippen LogP contribution in [0.2, 0.25) is 0 Å². The Kier molecular flexibility index (Phi) is 8.49. The number of hydrogen-bond acceptors (Lipinski definition) is 4. The highest BCUT2D eigenvalue weighted by Crippen LogP contribution is 2.27. The predicted molar refractivity (Wildman–Crippen MR) is 149 cm³/mol. The van der Waals surface area contributed by atoms with Crippen LogP contribution in [0.1, 0.15) is 57.7 Å². The fourth-order valence-corrected chi connectivity index (χ4v) is 4.98. The van der Waals surface area contributed by atoms with Crippen molar-refractivity contribution in [2.75, 3.05) is 20.8 Å². The summed E-state index contributed by atoms with van der Waals surface area (Å²) in [5.74, 6) is 2.17. The molecule has 1 N–H and O–H groups in total. The van der Waals surface area contributed by atoms with E-state index in [0.717, 1.165) is 43.6 Å². The number of hydrogen-bond donors (Lipinski definition) is 1. The van der Waals surface area contributed by atoms with Crippen molar-refractivity contribution in [2.24, 2.45) is 0 Å². The molecule has 1 amide bonds. The first-order valence-corrected chi connectivity index (χ1v) is 12.9. The lowest BCUT2D eigenvalue weighted by Crippen LogP contribution is -2.24. The largest absolute Gasteiger partial charge is 0.493 e. The number of amides is 1. The summed E-state index contributed by atoms with van der Waals surface area (Å²) in [7, 11) is 3.15. The fourth-order valence-electron chi connectivity index (χ4n) is 4.98. The molecular formula is C31H37N3O3. The molecule has 1 heterocycles. The van der Waals surface area contributed by atoms with E-state index in [4.69, 9.17) is 14.5 Å². The van der Waals surface area contributed by atoms with Crippen LogP contribution in [0, 0.1) is 20.8 Å². The second kappa shape index (κ2) is 12.0. The number of methoxy groups -OCH3 is 2. The van der Waals surface area contributed by atoms with E-state index in [-0.39, 0.29) is 5.91 Å². The molecule has 0 radical (unpaired) electrons. The van der Waals surface area contributed by atoms with Gasteiger partial charge in [-0.3, -0.25) is 4.79 Å². The molecule has 1 aromatic heterocycles. The predicted octanol–water partition coefficient (Wildman–Crippen LogP) is 6.17. The number of carbonyl (C=O) groups is 1. The molecule has 0 saturated heterocycles. The van der Waals surface area contributed by atoms with E-state index >= 15 is 0 Å². The summed E-state index contributed by atoms with van der Waals surface area (Å²) < 4.78 is 12.9. The van der Waals surface area contributed by atoms with Crippen LogP contribution in [0.3, 0.4) is 0 Å². The Morgan fingerprint density at radius 3 is 2.35 bits per heavy atom. The van der Waals surface area contributed by atoms with Crippen LogP contribution >= 0.6 is 0 Å². The normalized spacial score (nSPS) is 11.1. The standard InChI is InChI=1S/C31H37N3O3/c1-21-17-22(2)25(23(3)18-21)20-34-27-12-9-8-11-26(27)33-30(34)13-7-6-10-16-32-31(35)24-14-15-28(36-4)29(19-24)37-5/h8-9,11-12,14-15,17-19H,6-7,10,13,16,20H2,1-5H3,(H,32,35). The number of aryl methyl sites for hydroxylation is 4. The molecule has 0 spiro atoms. The Balaban J connectivity index is 1.35. The number of benzene rings is 3. The Hall–Kier alpha value is -3.80. The lowest BCUT2D eigenvalue weighted by Gasteiger charge is -2.15. The van der Waals surface area contributed by atoms with E-state index in [2.05, 4.69) is 61.0 Å². The zero-order valence-corrected chi connectivity index (χ0v) is 22.6. The zero-order chi connectivity index (χ0) is 26.4. The van der Waals surface area contributed by atoms with Gasteiger partial charge < -0.3 is 19.4 Å². The molecule has 0 aliphatic rings. The van der Waals surface area contributed by atoms with Crippen LogP contribution in [0.5, 0.6) is 11.5 Å². The molecule has 0 saturated carbocycles. The summed E-state index contributed by atoms with van der Waals surface area (Å²) in [6.45, 7) is 8.01. The summed E-state index contributed by atoms with van der Waals surface area (Å²) in [5.41, 5.74) is 8.10. The van der Waals surface area contributed by atoms with Crippen molar-refractivity contribution in [2.45, 2.75) is 53.0 Å². The first kappa shape index (κ1) is 26.3. The number of aromatic nitrogens is 2. The van der Waals surface area contributed by atoms with Gasteiger partial charge in [-0.25, -0.2) is 4.98 Å². The molecule has 6 heteroatoms. The zero-order valence-electron chi connectivity index (χ0n) is 22.6. The summed E-state index contributed by atoms with van der Waals surface area (Å²) in [5, 5.41) is 3.01. The summed E-state index contributed by atoms with van der Waals surface area (Å²) >= 11 is 0. The van der Waals surface area contributed by atoms with Crippen LogP contribution in [0.4, 0.5) is 0 Å². The topological polar surface area (TPSA) is 65.4 Å². The fraction of sp³-hybridized carbons (Fsp3) is 0.355. The van der Waals surface area contributed by atoms with E-state index < -0.39 is 0 Å². The van der Waals surface area contributed by atoms with Crippen molar-refractivity contribution >= 4 is 16.9 Å². The van der Waals surface area contributed by atoms with Crippen LogP contribution < -0.4 is 14.8 Å². The molecule has 0 bridgehead atoms. The molecular weight excluding hydrogens is 462 g/mol. The first-order chi connectivity index (χ1) is 17.9. The Bertz CT molecular complexity index is 1370. The van der Waals surface area contributed by atoms with Gasteiger partial charge in [0.25, 0.3) is 5.91 Å². The molecule has 0 fully saturated rings. The lowest BCUT2D eigenvalue weighted by molar-refractivity contribution is 0.0952. The van der Waals surface area contributed by atoms with Gasteiger partial charge in [0.15, 0.2) is 11.5 Å². The highest BCUT2D eigenvalue weighted by Gasteiger charge is 2.14. The second-order valence-electron chi connectivity index (χ2n) is 9.62. The van der Waals surface area contributed by atoms with Gasteiger partial charge in [-0.1, -0.05) is 36.2 Å². The highest BCUT2D eigenvalue weighted by molar-refractivity contribution is 5.94. The minimum absolute atomic E-state index is 0.105. The average molecular weight is 500 g/mol. The number of unbranched alkanes of at least 4 members (excludes halogenated alkanes) is 2. The van der Waals surface area contributed by atoms with E-state index in [1.165, 1.54) is 27.8 Å². The molecule has 0 unspecified atom stereocenters. The number of imidazole rings is 1. The maximum atomic E-state index is 12.5. The SMILES string of the molecule is COc1ccc(C(=O)NCCCCCc2nc3ccccc3n2Cc2c(C)cc(C)cc2C)cc1OC. The minimum atomic E-state index is -0.105. The molecule has 0 aliphatic carbocycles. The number of carbonyl (C=O) groups excluding carboxylic acids is 1. The number of nitrogens with one attached hydrogen (secondary N) is 1. The Labute approximate surface area is 219 Å². The van der Waals surface area contributed by atoms with Gasteiger partial charge in [0.2, 0.25) is 0 Å². The molecule has 4 rings (SSSR count). The van der Waals surface area contributed by atoms with Crippen LogP contribution in [-0.4, -0.2) is 36.2 Å². The molecule has 37 heavy (non-hydrogen) atoms. The van der Waals surface area contributed by atoms with Gasteiger partial charge in [0.05, 0.1) is 25.3 Å². The van der Waals surface area contributed by atoms with Crippen LogP contribution in [0.15, 0.2) is 54.6 Å². The third-order valence-electron chi connectivity index (χ3n) is 6.90. The van der Waals surface area contributed by atoms with Crippen molar-refractivity contribution in [3.8, 4) is 11.5 Å². The summed E-state index contributed by atoms with van der Waals surface area (Å²) in [4.78, 5) is 17.5. The number of fused-ring (bicyclic) bond motifs is 1. The molecule has 3 aromatic carbocycles. The van der Waals surface area contributed by atoms with E-state index in [0.29, 0.717) is 23.6 Å². The molecule has 6 nitrogen and oxygen atoms in total. The molecule has 0 aliphatic heterocycles. The third-order valence-corrected chi connectivity index (χ3v) is 6.90. The number of rotatable bonds is 11. The van der Waals surface area contributed by atoms with E-state index in [1.54, 1.807) is 32.4 Å². The van der Waals surface area contributed by atoms with Crippen molar-refractivity contribution in [1.29, 1.82) is 0 Å². The molecule has 0 atom stereocenters. The minimum Gasteiger partial charge on any atom is -0.493 e.